The fraction of sp³-hybridized carbons (Fsp3) is 0.375. The van der Waals surface area contributed by atoms with E-state index in [1.807, 2.05) is 38.2 Å². The fourth-order valence-corrected chi connectivity index (χ4v) is 2.01. The summed E-state index contributed by atoms with van der Waals surface area (Å²) in [6.07, 6.45) is 0. The average molecular weight is 285 g/mol. The maximum Gasteiger partial charge on any atom is 0.138 e. The highest BCUT2D eigenvalue weighted by molar-refractivity contribution is 5.61. The lowest BCUT2D eigenvalue weighted by Gasteiger charge is -2.19. The van der Waals surface area contributed by atoms with Crippen LogP contribution in [0.3, 0.4) is 0 Å². The van der Waals surface area contributed by atoms with Crippen LogP contribution in [0.1, 0.15) is 5.82 Å². The van der Waals surface area contributed by atoms with Gasteiger partial charge in [-0.05, 0) is 33.2 Å². The molecular formula is C16H23N5. The molecule has 0 saturated heterocycles. The van der Waals surface area contributed by atoms with Crippen LogP contribution in [0, 0.1) is 6.92 Å². The molecule has 1 N–H and O–H groups in total. The van der Waals surface area contributed by atoms with Crippen LogP contribution in [0.15, 0.2) is 36.4 Å². The van der Waals surface area contributed by atoms with Gasteiger partial charge in [-0.3, -0.25) is 0 Å². The fourth-order valence-electron chi connectivity index (χ4n) is 2.01. The van der Waals surface area contributed by atoms with Gasteiger partial charge in [0.25, 0.3) is 0 Å². The largest absolute Gasteiger partial charge is 0.369 e. The van der Waals surface area contributed by atoms with Gasteiger partial charge in [0.1, 0.15) is 17.5 Å². The minimum absolute atomic E-state index is 0.766. The third-order valence-corrected chi connectivity index (χ3v) is 3.18. The predicted octanol–water partition coefficient (Wildman–Crippen LogP) is 2.53. The molecule has 0 aliphatic rings. The number of rotatable bonds is 6. The van der Waals surface area contributed by atoms with E-state index < -0.39 is 0 Å². The first kappa shape index (κ1) is 15.3. The second-order valence-electron chi connectivity index (χ2n) is 5.28. The minimum atomic E-state index is 0.766. The summed E-state index contributed by atoms with van der Waals surface area (Å²) in [4.78, 5) is 13.2. The van der Waals surface area contributed by atoms with E-state index >= 15 is 0 Å². The Hall–Kier alpha value is -2.14. The number of para-hydroxylation sites is 1. The number of aryl methyl sites for hydroxylation is 1. The summed E-state index contributed by atoms with van der Waals surface area (Å²) in [6.45, 7) is 3.74. The van der Waals surface area contributed by atoms with Crippen LogP contribution in [0.25, 0.3) is 0 Å². The monoisotopic (exact) mass is 285 g/mol. The molecule has 5 heteroatoms. The summed E-state index contributed by atoms with van der Waals surface area (Å²) in [5, 5.41) is 3.34. The zero-order chi connectivity index (χ0) is 15.2. The Labute approximate surface area is 126 Å². The second-order valence-corrected chi connectivity index (χ2v) is 5.28. The van der Waals surface area contributed by atoms with Crippen molar-refractivity contribution in [2.45, 2.75) is 6.92 Å². The van der Waals surface area contributed by atoms with Gasteiger partial charge < -0.3 is 15.1 Å². The Bertz CT molecular complexity index is 568. The molecule has 0 saturated carbocycles. The van der Waals surface area contributed by atoms with E-state index in [1.165, 1.54) is 0 Å². The molecule has 0 aliphatic carbocycles. The first-order valence-electron chi connectivity index (χ1n) is 7.09. The molecule has 1 aromatic heterocycles. The first-order chi connectivity index (χ1) is 10.1. The van der Waals surface area contributed by atoms with Crippen molar-refractivity contribution in [2.24, 2.45) is 0 Å². The third-order valence-electron chi connectivity index (χ3n) is 3.18. The molecule has 21 heavy (non-hydrogen) atoms. The van der Waals surface area contributed by atoms with Gasteiger partial charge in [-0.1, -0.05) is 18.2 Å². The van der Waals surface area contributed by atoms with Crippen molar-refractivity contribution in [3.63, 3.8) is 0 Å². The molecule has 112 valence electrons. The van der Waals surface area contributed by atoms with Crippen molar-refractivity contribution >= 4 is 17.3 Å². The first-order valence-corrected chi connectivity index (χ1v) is 7.09. The quantitative estimate of drug-likeness (QED) is 0.883. The molecule has 0 spiro atoms. The van der Waals surface area contributed by atoms with Crippen LogP contribution in [-0.2, 0) is 0 Å². The van der Waals surface area contributed by atoms with Gasteiger partial charge in [0, 0.05) is 31.9 Å². The lowest BCUT2D eigenvalue weighted by atomic mass is 10.3. The summed E-state index contributed by atoms with van der Waals surface area (Å²) < 4.78 is 0. The Balaban J connectivity index is 2.14. The topological polar surface area (TPSA) is 44.3 Å². The van der Waals surface area contributed by atoms with Crippen LogP contribution >= 0.6 is 0 Å². The van der Waals surface area contributed by atoms with Crippen molar-refractivity contribution < 1.29 is 0 Å². The van der Waals surface area contributed by atoms with E-state index in [4.69, 9.17) is 0 Å². The Kier molecular flexibility index (Phi) is 5.11. The van der Waals surface area contributed by atoms with Gasteiger partial charge in [-0.2, -0.15) is 0 Å². The number of benzene rings is 1. The maximum absolute atomic E-state index is 4.52. The van der Waals surface area contributed by atoms with E-state index in [1.54, 1.807) is 0 Å². The number of hydrogen-bond acceptors (Lipinski definition) is 5. The van der Waals surface area contributed by atoms with E-state index in [-0.39, 0.29) is 0 Å². The Morgan fingerprint density at radius 2 is 1.76 bits per heavy atom. The zero-order valence-electron chi connectivity index (χ0n) is 13.2. The van der Waals surface area contributed by atoms with Crippen LogP contribution < -0.4 is 10.2 Å². The Morgan fingerprint density at radius 1 is 1.05 bits per heavy atom. The number of hydrogen-bond donors (Lipinski definition) is 1. The van der Waals surface area contributed by atoms with Crippen LogP contribution in [0.4, 0.5) is 17.3 Å². The highest BCUT2D eigenvalue weighted by Crippen LogP contribution is 2.23. The molecule has 0 amide bonds. The predicted molar refractivity (Wildman–Crippen MR) is 88.3 cm³/mol. The van der Waals surface area contributed by atoms with Crippen molar-refractivity contribution in [1.29, 1.82) is 0 Å². The number of nitrogens with zero attached hydrogens (tertiary/aromatic N) is 4. The number of nitrogens with one attached hydrogen (secondary N) is 1. The highest BCUT2D eigenvalue weighted by Gasteiger charge is 2.08. The van der Waals surface area contributed by atoms with E-state index in [0.717, 1.165) is 36.2 Å². The SMILES string of the molecule is Cc1nc(NCCN(C)C)cc(N(C)c2ccccc2)n1. The van der Waals surface area contributed by atoms with Gasteiger partial charge in [0.2, 0.25) is 0 Å². The molecule has 0 aliphatic heterocycles. The Morgan fingerprint density at radius 3 is 2.43 bits per heavy atom. The number of aromatic nitrogens is 2. The van der Waals surface area contributed by atoms with E-state index in [9.17, 15) is 0 Å². The summed E-state index contributed by atoms with van der Waals surface area (Å²) in [6, 6.07) is 12.2. The van der Waals surface area contributed by atoms with Crippen molar-refractivity contribution in [2.75, 3.05) is 44.4 Å². The van der Waals surface area contributed by atoms with Gasteiger partial charge >= 0.3 is 0 Å². The molecule has 1 aromatic carbocycles. The van der Waals surface area contributed by atoms with Crippen LogP contribution in [0.5, 0.6) is 0 Å². The summed E-state index contributed by atoms with van der Waals surface area (Å²) >= 11 is 0. The van der Waals surface area contributed by atoms with Crippen molar-refractivity contribution in [3.05, 3.63) is 42.2 Å². The molecule has 0 radical (unpaired) electrons. The minimum Gasteiger partial charge on any atom is -0.369 e. The molecule has 2 rings (SSSR count). The molecule has 0 unspecified atom stereocenters. The average Bonchev–Trinajstić information content (AvgIpc) is 2.46. The summed E-state index contributed by atoms with van der Waals surface area (Å²) in [5.74, 6) is 2.52. The van der Waals surface area contributed by atoms with Gasteiger partial charge in [0.15, 0.2) is 0 Å². The lowest BCUT2D eigenvalue weighted by Crippen LogP contribution is -2.21. The van der Waals surface area contributed by atoms with Gasteiger partial charge in [-0.25, -0.2) is 9.97 Å². The molecule has 5 nitrogen and oxygen atoms in total. The number of anilines is 3. The lowest BCUT2D eigenvalue weighted by molar-refractivity contribution is 0.425. The van der Waals surface area contributed by atoms with Gasteiger partial charge in [0.05, 0.1) is 0 Å². The van der Waals surface area contributed by atoms with E-state index in [0.29, 0.717) is 0 Å². The molecule has 2 aromatic rings. The van der Waals surface area contributed by atoms with Crippen LogP contribution in [0.2, 0.25) is 0 Å². The van der Waals surface area contributed by atoms with Crippen molar-refractivity contribution in [3.8, 4) is 0 Å². The molecule has 1 heterocycles. The number of likely N-dealkylation sites (N-methyl/N-ethyl adjacent to an activating group) is 1. The smallest absolute Gasteiger partial charge is 0.138 e. The zero-order valence-corrected chi connectivity index (χ0v) is 13.2. The van der Waals surface area contributed by atoms with E-state index in [2.05, 4.69) is 51.3 Å². The van der Waals surface area contributed by atoms with Crippen molar-refractivity contribution in [1.82, 2.24) is 14.9 Å². The standard InChI is InChI=1S/C16H23N5/c1-13-18-15(17-10-11-20(2)3)12-16(19-13)21(4)14-8-6-5-7-9-14/h5-9,12H,10-11H2,1-4H3,(H,17,18,19). The summed E-state index contributed by atoms with van der Waals surface area (Å²) in [5.41, 5.74) is 1.11. The molecule has 0 atom stereocenters. The maximum atomic E-state index is 4.52. The molecule has 0 fully saturated rings. The van der Waals surface area contributed by atoms with Crippen LogP contribution in [-0.4, -0.2) is 49.1 Å². The molecular weight excluding hydrogens is 262 g/mol. The summed E-state index contributed by atoms with van der Waals surface area (Å²) in [7, 11) is 6.13. The van der Waals surface area contributed by atoms with Gasteiger partial charge in [-0.15, -0.1) is 0 Å². The third kappa shape index (κ3) is 4.43. The molecule has 0 bridgehead atoms. The highest BCUT2D eigenvalue weighted by atomic mass is 15.2. The normalized spacial score (nSPS) is 10.7. The second kappa shape index (κ2) is 7.04.